The van der Waals surface area contributed by atoms with Gasteiger partial charge >= 0.3 is 0 Å². The van der Waals surface area contributed by atoms with Gasteiger partial charge in [-0.25, -0.2) is 0 Å². The Morgan fingerprint density at radius 2 is 1.41 bits per heavy atom. The second kappa shape index (κ2) is 17.2. The van der Waals surface area contributed by atoms with Crippen molar-refractivity contribution in [2.45, 2.75) is 96.2 Å². The molecule has 0 saturated carbocycles. The van der Waals surface area contributed by atoms with Crippen LogP contribution in [0.1, 0.15) is 84.0 Å². The van der Waals surface area contributed by atoms with E-state index in [0.29, 0.717) is 13.2 Å². The number of aliphatic hydroxyl groups is 2. The van der Waals surface area contributed by atoms with Crippen LogP contribution in [0.4, 0.5) is 0 Å². The number of nitrogens with two attached hydrogens (primary N) is 1. The molecule has 4 heteroatoms. The van der Waals surface area contributed by atoms with Gasteiger partial charge in [-0.15, -0.1) is 0 Å². The van der Waals surface area contributed by atoms with Gasteiger partial charge in [0.15, 0.2) is 0 Å². The van der Waals surface area contributed by atoms with E-state index in [-0.39, 0.29) is 12.7 Å². The normalized spacial score (nSPS) is 14.2. The first-order valence-corrected chi connectivity index (χ1v) is 9.36. The van der Waals surface area contributed by atoms with Crippen LogP contribution in [0, 0.1) is 0 Å². The molecule has 0 heterocycles. The average molecular weight is 318 g/mol. The summed E-state index contributed by atoms with van der Waals surface area (Å²) < 4.78 is 5.63. The van der Waals surface area contributed by atoms with Crippen LogP contribution in [0.2, 0.25) is 0 Å². The topological polar surface area (TPSA) is 75.7 Å². The zero-order valence-electron chi connectivity index (χ0n) is 14.6. The molecule has 0 fully saturated rings. The number of unbranched alkanes of at least 4 members (excludes halogenated alkanes) is 9. The van der Waals surface area contributed by atoms with E-state index >= 15 is 0 Å². The minimum atomic E-state index is -0.767. The number of aliphatic hydroxyl groups excluding tert-OH is 2. The average Bonchev–Trinajstić information content (AvgIpc) is 2.54. The molecule has 0 bridgehead atoms. The van der Waals surface area contributed by atoms with Gasteiger partial charge in [-0.3, -0.25) is 0 Å². The Morgan fingerprint density at radius 1 is 0.864 bits per heavy atom. The molecule has 0 aromatic heterocycles. The highest BCUT2D eigenvalue weighted by Gasteiger charge is 2.18. The van der Waals surface area contributed by atoms with E-state index in [1.165, 1.54) is 57.8 Å². The maximum absolute atomic E-state index is 9.75. The number of ether oxygens (including phenoxy) is 1. The summed E-state index contributed by atoms with van der Waals surface area (Å²) in [7, 11) is 0. The Kier molecular flexibility index (Phi) is 17.1. The fourth-order valence-electron chi connectivity index (χ4n) is 2.66. The molecule has 0 spiro atoms. The van der Waals surface area contributed by atoms with Crippen LogP contribution in [0.15, 0.2) is 0 Å². The molecule has 0 saturated heterocycles. The van der Waals surface area contributed by atoms with Gasteiger partial charge in [0, 0.05) is 6.61 Å². The standard InChI is InChI=1S/C18H39NO3/c1-2-3-4-5-6-7-8-9-10-11-13-18(17(21)16-20)22-15-12-14-19/h17-18,20-21H,2-16,19H2,1H3. The summed E-state index contributed by atoms with van der Waals surface area (Å²) in [5, 5.41) is 18.8. The molecule has 2 unspecified atom stereocenters. The molecule has 0 aromatic carbocycles. The van der Waals surface area contributed by atoms with Crippen molar-refractivity contribution < 1.29 is 14.9 Å². The quantitative estimate of drug-likeness (QED) is 0.359. The van der Waals surface area contributed by atoms with Gasteiger partial charge in [0.1, 0.15) is 6.10 Å². The zero-order valence-corrected chi connectivity index (χ0v) is 14.6. The fourth-order valence-corrected chi connectivity index (χ4v) is 2.66. The largest absolute Gasteiger partial charge is 0.394 e. The maximum atomic E-state index is 9.75. The van der Waals surface area contributed by atoms with E-state index in [0.717, 1.165) is 19.3 Å². The van der Waals surface area contributed by atoms with Gasteiger partial charge in [-0.05, 0) is 19.4 Å². The predicted molar refractivity (Wildman–Crippen MR) is 93.0 cm³/mol. The van der Waals surface area contributed by atoms with Crippen molar-refractivity contribution in [2.24, 2.45) is 5.73 Å². The van der Waals surface area contributed by atoms with Gasteiger partial charge in [-0.1, -0.05) is 71.1 Å². The molecular formula is C18H39NO3. The summed E-state index contributed by atoms with van der Waals surface area (Å²) >= 11 is 0. The number of hydrogen-bond acceptors (Lipinski definition) is 4. The lowest BCUT2D eigenvalue weighted by Crippen LogP contribution is -2.32. The minimum Gasteiger partial charge on any atom is -0.394 e. The van der Waals surface area contributed by atoms with E-state index in [9.17, 15) is 5.11 Å². The Balaban J connectivity index is 3.50. The first kappa shape index (κ1) is 21.8. The van der Waals surface area contributed by atoms with Crippen LogP contribution in [0.5, 0.6) is 0 Å². The smallest absolute Gasteiger partial charge is 0.103 e. The molecule has 0 aliphatic carbocycles. The molecule has 2 atom stereocenters. The first-order chi connectivity index (χ1) is 10.8. The van der Waals surface area contributed by atoms with Crippen LogP contribution in [-0.2, 0) is 4.74 Å². The SMILES string of the molecule is CCCCCCCCCCCCC(OCCCN)C(O)CO. The van der Waals surface area contributed by atoms with Crippen LogP contribution in [0.25, 0.3) is 0 Å². The Bertz CT molecular complexity index is 215. The van der Waals surface area contributed by atoms with E-state index < -0.39 is 6.10 Å². The summed E-state index contributed by atoms with van der Waals surface area (Å²) in [6.45, 7) is 3.18. The molecule has 134 valence electrons. The van der Waals surface area contributed by atoms with Gasteiger partial charge in [0.2, 0.25) is 0 Å². The fraction of sp³-hybridized carbons (Fsp3) is 1.00. The molecule has 0 amide bonds. The Labute approximate surface area is 137 Å². The van der Waals surface area contributed by atoms with Crippen molar-refractivity contribution in [3.05, 3.63) is 0 Å². The highest BCUT2D eigenvalue weighted by atomic mass is 16.5. The predicted octanol–water partition coefficient (Wildman–Crippen LogP) is 3.38. The van der Waals surface area contributed by atoms with Crippen LogP contribution in [0.3, 0.4) is 0 Å². The highest BCUT2D eigenvalue weighted by molar-refractivity contribution is 4.68. The van der Waals surface area contributed by atoms with Crippen molar-refractivity contribution in [2.75, 3.05) is 19.8 Å². The molecule has 0 rings (SSSR count). The zero-order chi connectivity index (χ0) is 16.5. The van der Waals surface area contributed by atoms with Gasteiger partial charge in [-0.2, -0.15) is 0 Å². The lowest BCUT2D eigenvalue weighted by atomic mass is 10.0. The summed E-state index contributed by atoms with van der Waals surface area (Å²) in [6.07, 6.45) is 13.6. The third-order valence-electron chi connectivity index (χ3n) is 4.14. The molecule has 0 aromatic rings. The van der Waals surface area contributed by atoms with Crippen LogP contribution >= 0.6 is 0 Å². The number of rotatable bonds is 17. The van der Waals surface area contributed by atoms with Crippen LogP contribution in [-0.4, -0.2) is 42.2 Å². The lowest BCUT2D eigenvalue weighted by Gasteiger charge is -2.22. The lowest BCUT2D eigenvalue weighted by molar-refractivity contribution is -0.0622. The molecule has 0 radical (unpaired) electrons. The third-order valence-corrected chi connectivity index (χ3v) is 4.14. The third kappa shape index (κ3) is 13.5. The van der Waals surface area contributed by atoms with Crippen molar-refractivity contribution in [3.63, 3.8) is 0 Å². The second-order valence-electron chi connectivity index (χ2n) is 6.27. The molecular weight excluding hydrogens is 278 g/mol. The van der Waals surface area contributed by atoms with Crippen molar-refractivity contribution in [3.8, 4) is 0 Å². The summed E-state index contributed by atoms with van der Waals surface area (Å²) in [5.74, 6) is 0. The summed E-state index contributed by atoms with van der Waals surface area (Å²) in [4.78, 5) is 0. The van der Waals surface area contributed by atoms with Crippen molar-refractivity contribution in [1.29, 1.82) is 0 Å². The second-order valence-corrected chi connectivity index (χ2v) is 6.27. The monoisotopic (exact) mass is 317 g/mol. The van der Waals surface area contributed by atoms with Gasteiger partial charge in [0.05, 0.1) is 12.7 Å². The van der Waals surface area contributed by atoms with E-state index in [1.54, 1.807) is 0 Å². The highest BCUT2D eigenvalue weighted by Crippen LogP contribution is 2.14. The van der Waals surface area contributed by atoms with E-state index in [2.05, 4.69) is 6.92 Å². The molecule has 22 heavy (non-hydrogen) atoms. The summed E-state index contributed by atoms with van der Waals surface area (Å²) in [5.41, 5.74) is 5.44. The van der Waals surface area contributed by atoms with E-state index in [1.807, 2.05) is 0 Å². The van der Waals surface area contributed by atoms with Crippen molar-refractivity contribution in [1.82, 2.24) is 0 Å². The molecule has 4 N–H and O–H groups in total. The minimum absolute atomic E-state index is 0.231. The van der Waals surface area contributed by atoms with Gasteiger partial charge in [0.25, 0.3) is 0 Å². The van der Waals surface area contributed by atoms with Crippen molar-refractivity contribution >= 4 is 0 Å². The van der Waals surface area contributed by atoms with Crippen LogP contribution < -0.4 is 5.73 Å². The summed E-state index contributed by atoms with van der Waals surface area (Å²) in [6, 6.07) is 0. The van der Waals surface area contributed by atoms with E-state index in [4.69, 9.17) is 15.6 Å². The van der Waals surface area contributed by atoms with Gasteiger partial charge < -0.3 is 20.7 Å². The first-order valence-electron chi connectivity index (χ1n) is 9.36. The molecule has 4 nitrogen and oxygen atoms in total. The molecule has 0 aliphatic rings. The Morgan fingerprint density at radius 3 is 1.91 bits per heavy atom. The molecule has 0 aliphatic heterocycles. The Hall–Kier alpha value is -0.160. The maximum Gasteiger partial charge on any atom is 0.103 e. The number of hydrogen-bond donors (Lipinski definition) is 3.